The van der Waals surface area contributed by atoms with Crippen LogP contribution in [0.2, 0.25) is 0 Å². The van der Waals surface area contributed by atoms with Gasteiger partial charge in [0.25, 0.3) is 0 Å². The Labute approximate surface area is 94.5 Å². The van der Waals surface area contributed by atoms with E-state index in [2.05, 4.69) is 5.73 Å². The third-order valence-corrected chi connectivity index (χ3v) is 1.98. The van der Waals surface area contributed by atoms with Gasteiger partial charge in [-0.15, -0.1) is 0 Å². The molecule has 0 aliphatic heterocycles. The van der Waals surface area contributed by atoms with E-state index in [1.165, 1.54) is 0 Å². The Hall–Kier alpha value is -0.970. The number of carbonyl (C=O) groups excluding carboxylic acids is 1. The molecule has 3 N–H and O–H groups in total. The highest BCUT2D eigenvalue weighted by molar-refractivity contribution is 5.88. The third-order valence-electron chi connectivity index (χ3n) is 1.98. The number of nitrogens with two attached hydrogens (primary N) is 1. The van der Waals surface area contributed by atoms with Crippen LogP contribution in [0.1, 0.15) is 0 Å². The second kappa shape index (κ2) is 4.61. The zero-order valence-electron chi connectivity index (χ0n) is 8.37. The van der Waals surface area contributed by atoms with E-state index in [0.717, 1.165) is 0 Å². The fourth-order valence-corrected chi connectivity index (χ4v) is 0.829. The summed E-state index contributed by atoms with van der Waals surface area (Å²) in [5.41, 5.74) is 4.30. The van der Waals surface area contributed by atoms with E-state index in [-0.39, 0.29) is 0 Å². The first-order valence-electron chi connectivity index (χ1n) is 4.15. The zero-order valence-corrected chi connectivity index (χ0v) is 8.37. The molecule has 0 rings (SSSR count). The topological polar surface area (TPSA) is 63.3 Å². The van der Waals surface area contributed by atoms with Gasteiger partial charge in [0.05, 0.1) is 6.54 Å². The Balaban J connectivity index is 5.71. The summed E-state index contributed by atoms with van der Waals surface area (Å²) in [4.78, 5) is 10.3. The van der Waals surface area contributed by atoms with Gasteiger partial charge in [-0.25, -0.2) is 0 Å². The predicted octanol–water partition coefficient (Wildman–Crippen LogP) is 1.05. The molecule has 0 radical (unpaired) electrons. The summed E-state index contributed by atoms with van der Waals surface area (Å²) in [5.74, 6) is -28.1. The molecule has 0 fully saturated rings. The van der Waals surface area contributed by atoms with Gasteiger partial charge >= 0.3 is 23.7 Å². The largest absolute Gasteiger partial charge is 0.390 e. The molecule has 3 nitrogen and oxygen atoms in total. The van der Waals surface area contributed by atoms with Crippen LogP contribution in [0.15, 0.2) is 0 Å². The van der Waals surface area contributed by atoms with Crippen molar-refractivity contribution in [2.75, 3.05) is 13.2 Å². The van der Waals surface area contributed by atoms with Gasteiger partial charge in [-0.1, -0.05) is 0 Å². The number of aliphatic hydroxyl groups excluding tert-OH is 1. The highest BCUT2D eigenvalue weighted by atomic mass is 19.4. The molecule has 0 atom stereocenters. The van der Waals surface area contributed by atoms with Crippen LogP contribution in [0, 0.1) is 0 Å². The number of alkyl halides is 8. The van der Waals surface area contributed by atoms with Gasteiger partial charge in [0, 0.05) is 0 Å². The zero-order chi connectivity index (χ0) is 15.0. The highest BCUT2D eigenvalue weighted by Crippen LogP contribution is 2.52. The number of carbonyl (C=O) groups is 1. The van der Waals surface area contributed by atoms with Crippen LogP contribution in [-0.4, -0.2) is 47.7 Å². The van der Waals surface area contributed by atoms with Crippen molar-refractivity contribution in [3.05, 3.63) is 0 Å². The lowest BCUT2D eigenvalue weighted by Gasteiger charge is -2.35. The predicted molar refractivity (Wildman–Crippen MR) is 40.9 cm³/mol. The summed E-state index contributed by atoms with van der Waals surface area (Å²) in [5, 5.41) is 7.84. The van der Waals surface area contributed by atoms with Gasteiger partial charge in [0.1, 0.15) is 6.61 Å². The van der Waals surface area contributed by atoms with E-state index in [4.69, 9.17) is 5.11 Å². The molecule has 0 aromatic carbocycles. The van der Waals surface area contributed by atoms with Crippen LogP contribution in [0.25, 0.3) is 0 Å². The maximum atomic E-state index is 12.7. The number of aliphatic hydroxyl groups is 1. The van der Waals surface area contributed by atoms with Crippen molar-refractivity contribution in [2.45, 2.75) is 23.7 Å². The van der Waals surface area contributed by atoms with Gasteiger partial charge in [-0.2, -0.15) is 35.1 Å². The summed E-state index contributed by atoms with van der Waals surface area (Å²) >= 11 is 0. The first-order valence-corrected chi connectivity index (χ1v) is 4.15. The fourth-order valence-electron chi connectivity index (χ4n) is 0.829. The molecule has 0 aromatic rings. The minimum Gasteiger partial charge on any atom is -0.390 e. The van der Waals surface area contributed by atoms with Crippen LogP contribution in [0.4, 0.5) is 35.1 Å². The second-order valence-corrected chi connectivity index (χ2v) is 3.21. The van der Waals surface area contributed by atoms with Crippen molar-refractivity contribution >= 4 is 5.78 Å². The molecule has 18 heavy (non-hydrogen) atoms. The number of hydrogen-bond acceptors (Lipinski definition) is 3. The Morgan fingerprint density at radius 1 is 0.944 bits per heavy atom. The van der Waals surface area contributed by atoms with E-state index < -0.39 is 42.6 Å². The molecule has 0 bridgehead atoms. The minimum atomic E-state index is -6.71. The maximum Gasteiger partial charge on any atom is 0.385 e. The standard InChI is InChI=1S/C7H7F8NO2/c8-4(9,2-17)6(12,13)7(14,15)5(10,11)3(18)1-16/h17H,1-2,16H2. The number of ketones is 1. The van der Waals surface area contributed by atoms with Gasteiger partial charge in [0.2, 0.25) is 5.78 Å². The van der Waals surface area contributed by atoms with Crippen LogP contribution < -0.4 is 5.73 Å². The van der Waals surface area contributed by atoms with Gasteiger partial charge in [-0.3, -0.25) is 4.79 Å². The molecule has 0 saturated heterocycles. The van der Waals surface area contributed by atoms with Crippen molar-refractivity contribution in [3.63, 3.8) is 0 Å². The number of hydrogen-bond donors (Lipinski definition) is 2. The Kier molecular flexibility index (Phi) is 4.36. The van der Waals surface area contributed by atoms with Crippen molar-refractivity contribution in [1.82, 2.24) is 0 Å². The van der Waals surface area contributed by atoms with Crippen molar-refractivity contribution < 1.29 is 45.0 Å². The summed E-state index contributed by atoms with van der Waals surface area (Å²) in [6.45, 7) is -4.55. The average Bonchev–Trinajstić information content (AvgIpc) is 2.26. The van der Waals surface area contributed by atoms with Crippen LogP contribution >= 0.6 is 0 Å². The van der Waals surface area contributed by atoms with Crippen molar-refractivity contribution in [2.24, 2.45) is 5.73 Å². The van der Waals surface area contributed by atoms with Crippen molar-refractivity contribution in [1.29, 1.82) is 0 Å². The molecule has 0 unspecified atom stereocenters. The van der Waals surface area contributed by atoms with Gasteiger partial charge in [0.15, 0.2) is 0 Å². The van der Waals surface area contributed by atoms with Crippen LogP contribution in [-0.2, 0) is 4.79 Å². The molecule has 0 heterocycles. The second-order valence-electron chi connectivity index (χ2n) is 3.21. The number of Topliss-reactive ketones (excluding diaryl/α,β-unsaturated/α-hetero) is 1. The summed E-state index contributed by atoms with van der Waals surface area (Å²) in [6.07, 6.45) is 0. The van der Waals surface area contributed by atoms with E-state index in [1.54, 1.807) is 0 Å². The third kappa shape index (κ3) is 2.16. The monoisotopic (exact) mass is 289 g/mol. The Morgan fingerprint density at radius 2 is 1.33 bits per heavy atom. The molecule has 0 spiro atoms. The number of halogens is 8. The quantitative estimate of drug-likeness (QED) is 0.718. The van der Waals surface area contributed by atoms with E-state index in [9.17, 15) is 39.9 Å². The fraction of sp³-hybridized carbons (Fsp3) is 0.857. The summed E-state index contributed by atoms with van der Waals surface area (Å²) in [6, 6.07) is 0. The minimum absolute atomic E-state index is 1.75. The number of rotatable bonds is 6. The lowest BCUT2D eigenvalue weighted by Crippen LogP contribution is -2.66. The maximum absolute atomic E-state index is 12.7. The highest BCUT2D eigenvalue weighted by Gasteiger charge is 2.81. The van der Waals surface area contributed by atoms with Crippen molar-refractivity contribution in [3.8, 4) is 0 Å². The first-order chi connectivity index (χ1) is 7.79. The van der Waals surface area contributed by atoms with Gasteiger partial charge < -0.3 is 10.8 Å². The Bertz CT molecular complexity index is 329. The smallest absolute Gasteiger partial charge is 0.385 e. The lowest BCUT2D eigenvalue weighted by molar-refractivity contribution is -0.360. The molecule has 108 valence electrons. The molecule has 11 heteroatoms. The molecular weight excluding hydrogens is 282 g/mol. The molecule has 0 aliphatic carbocycles. The van der Waals surface area contributed by atoms with Crippen LogP contribution in [0.3, 0.4) is 0 Å². The molecule has 0 amide bonds. The SMILES string of the molecule is NCC(=O)C(F)(F)C(F)(F)C(F)(F)C(F)(F)CO. The Morgan fingerprint density at radius 3 is 1.61 bits per heavy atom. The summed E-state index contributed by atoms with van der Waals surface area (Å²) in [7, 11) is 0. The first kappa shape index (κ1) is 17.0. The van der Waals surface area contributed by atoms with Crippen LogP contribution in [0.5, 0.6) is 0 Å². The average molecular weight is 289 g/mol. The molecule has 0 aromatic heterocycles. The lowest BCUT2D eigenvalue weighted by atomic mass is 9.96. The summed E-state index contributed by atoms with van der Waals surface area (Å²) < 4.78 is 101. The van der Waals surface area contributed by atoms with Gasteiger partial charge in [-0.05, 0) is 0 Å². The normalized spacial score (nSPS) is 14.8. The van der Waals surface area contributed by atoms with E-state index in [1.807, 2.05) is 0 Å². The molecular formula is C7H7F8NO2. The van der Waals surface area contributed by atoms with E-state index in [0.29, 0.717) is 0 Å². The molecule has 0 aliphatic rings. The van der Waals surface area contributed by atoms with E-state index >= 15 is 0 Å². The molecule has 0 saturated carbocycles.